The van der Waals surface area contributed by atoms with Gasteiger partial charge in [-0.1, -0.05) is 0 Å². The van der Waals surface area contributed by atoms with E-state index in [1.165, 1.54) is 11.1 Å². The van der Waals surface area contributed by atoms with Crippen LogP contribution in [0.1, 0.15) is 46.9 Å². The zero-order valence-electron chi connectivity index (χ0n) is 19.2. The smallest absolute Gasteiger partial charge is 0.251 e. The third-order valence-corrected chi connectivity index (χ3v) is 6.70. The number of fused-ring (bicyclic) bond motifs is 1. The van der Waals surface area contributed by atoms with E-state index in [0.29, 0.717) is 18.0 Å². The molecule has 1 saturated heterocycles. The Labute approximate surface area is 195 Å². The molecule has 2 aliphatic heterocycles. The molecule has 0 aromatic carbocycles. The van der Waals surface area contributed by atoms with Gasteiger partial charge in [0.15, 0.2) is 0 Å². The number of aromatic nitrogens is 2. The van der Waals surface area contributed by atoms with Crippen LogP contribution in [0.5, 0.6) is 0 Å². The fraction of sp³-hybridized carbons (Fsp3) is 0.520. The third kappa shape index (κ3) is 6.36. The maximum absolute atomic E-state index is 12.7. The van der Waals surface area contributed by atoms with E-state index in [1.807, 2.05) is 23.2 Å². The average Bonchev–Trinajstić information content (AvgIpc) is 2.83. The Morgan fingerprint density at radius 3 is 2.79 bits per heavy atom. The van der Waals surface area contributed by atoms with Crippen molar-refractivity contribution in [1.82, 2.24) is 25.1 Å². The molecule has 4 heterocycles. The molecular weight excluding hydrogens is 418 g/mol. The van der Waals surface area contributed by atoms with Gasteiger partial charge < -0.3 is 15.3 Å². The van der Waals surface area contributed by atoms with Crippen LogP contribution < -0.4 is 5.32 Å². The quantitative estimate of drug-likeness (QED) is 0.661. The lowest BCUT2D eigenvalue weighted by molar-refractivity contribution is -0.130. The second kappa shape index (κ2) is 10.9. The van der Waals surface area contributed by atoms with Crippen LogP contribution in [-0.2, 0) is 24.2 Å². The van der Waals surface area contributed by atoms with Crippen molar-refractivity contribution in [2.45, 2.75) is 45.3 Å². The number of pyridine rings is 2. The van der Waals surface area contributed by atoms with Crippen molar-refractivity contribution in [3.63, 3.8) is 0 Å². The van der Waals surface area contributed by atoms with Gasteiger partial charge in [-0.2, -0.15) is 0 Å². The number of β-amino-alcohol motifs (C(OH)–C–C–N with tert-alkyl or cyclic N) is 1. The molecule has 176 valence electrons. The zero-order chi connectivity index (χ0) is 23.2. The summed E-state index contributed by atoms with van der Waals surface area (Å²) in [7, 11) is 0. The molecule has 0 spiro atoms. The van der Waals surface area contributed by atoms with Crippen LogP contribution in [0.2, 0.25) is 0 Å². The lowest BCUT2D eigenvalue weighted by Gasteiger charge is -2.31. The van der Waals surface area contributed by atoms with Gasteiger partial charge in [0.2, 0.25) is 5.91 Å². The lowest BCUT2D eigenvalue weighted by atomic mass is 9.91. The molecule has 0 bridgehead atoms. The van der Waals surface area contributed by atoms with E-state index in [9.17, 15) is 14.7 Å². The van der Waals surface area contributed by atoms with Crippen molar-refractivity contribution in [3.05, 3.63) is 59.2 Å². The number of hydrogen-bond acceptors (Lipinski definition) is 6. The van der Waals surface area contributed by atoms with Gasteiger partial charge in [-0.05, 0) is 60.9 Å². The van der Waals surface area contributed by atoms with E-state index in [0.717, 1.165) is 57.6 Å². The number of hydrogen-bond donors (Lipinski definition) is 2. The Bertz CT molecular complexity index is 974. The molecule has 33 heavy (non-hydrogen) atoms. The van der Waals surface area contributed by atoms with Gasteiger partial charge in [0, 0.05) is 76.0 Å². The molecule has 0 saturated carbocycles. The van der Waals surface area contributed by atoms with E-state index in [2.05, 4.69) is 20.2 Å². The number of aliphatic hydroxyl groups is 1. The summed E-state index contributed by atoms with van der Waals surface area (Å²) < 4.78 is 0. The minimum Gasteiger partial charge on any atom is -0.390 e. The summed E-state index contributed by atoms with van der Waals surface area (Å²) in [6.07, 6.45) is 8.41. The van der Waals surface area contributed by atoms with E-state index in [1.54, 1.807) is 25.4 Å². The van der Waals surface area contributed by atoms with E-state index in [-0.39, 0.29) is 18.4 Å². The molecule has 2 aromatic heterocycles. The number of carbonyl (C=O) groups excluding carboxylic acids is 2. The van der Waals surface area contributed by atoms with Crippen LogP contribution in [0.3, 0.4) is 0 Å². The highest BCUT2D eigenvalue weighted by Gasteiger charge is 2.22. The summed E-state index contributed by atoms with van der Waals surface area (Å²) in [5, 5.41) is 13.3. The molecule has 2 amide bonds. The number of carbonyl (C=O) groups is 2. The standard InChI is InChI=1S/C25H33N5O3/c1-18(31)30-10-4-19(5-11-30)12-23-13-20(3-8-27-23)25(33)28-15-24(32)17-29-9-6-21-14-26-7-2-22(21)16-29/h2-3,7-8,13-14,19,24,32H,4-6,9-12,15-17H2,1H3,(H,28,33)/t24-/m0/s1. The topological polar surface area (TPSA) is 98.7 Å². The van der Waals surface area contributed by atoms with Crippen LogP contribution in [-0.4, -0.2) is 75.5 Å². The number of nitrogens with one attached hydrogen (secondary N) is 1. The van der Waals surface area contributed by atoms with Crippen molar-refractivity contribution in [2.24, 2.45) is 5.92 Å². The van der Waals surface area contributed by atoms with Gasteiger partial charge in [0.05, 0.1) is 6.10 Å². The normalized spacial score (nSPS) is 17.9. The Hall–Kier alpha value is -2.84. The Balaban J connectivity index is 1.23. The Morgan fingerprint density at radius 1 is 1.18 bits per heavy atom. The maximum Gasteiger partial charge on any atom is 0.251 e. The van der Waals surface area contributed by atoms with Gasteiger partial charge >= 0.3 is 0 Å². The molecule has 0 aliphatic carbocycles. The van der Waals surface area contributed by atoms with Crippen molar-refractivity contribution in [3.8, 4) is 0 Å². The molecule has 4 rings (SSSR count). The summed E-state index contributed by atoms with van der Waals surface area (Å²) >= 11 is 0. The summed E-state index contributed by atoms with van der Waals surface area (Å²) in [6.45, 7) is 5.59. The monoisotopic (exact) mass is 451 g/mol. The van der Waals surface area contributed by atoms with Gasteiger partial charge in [0.25, 0.3) is 5.91 Å². The number of rotatable bonds is 7. The van der Waals surface area contributed by atoms with Crippen molar-refractivity contribution < 1.29 is 14.7 Å². The minimum atomic E-state index is -0.634. The van der Waals surface area contributed by atoms with E-state index >= 15 is 0 Å². The molecule has 2 aromatic rings. The lowest BCUT2D eigenvalue weighted by Crippen LogP contribution is -2.42. The molecule has 2 N–H and O–H groups in total. The number of piperidine rings is 1. The molecule has 0 radical (unpaired) electrons. The maximum atomic E-state index is 12.7. The van der Waals surface area contributed by atoms with Gasteiger partial charge in [-0.15, -0.1) is 0 Å². The second-order valence-corrected chi connectivity index (χ2v) is 9.18. The van der Waals surface area contributed by atoms with Crippen molar-refractivity contribution >= 4 is 11.8 Å². The van der Waals surface area contributed by atoms with Crippen LogP contribution in [0, 0.1) is 5.92 Å². The fourth-order valence-corrected chi connectivity index (χ4v) is 4.74. The predicted molar refractivity (Wildman–Crippen MR) is 124 cm³/mol. The first kappa shape index (κ1) is 23.3. The highest BCUT2D eigenvalue weighted by atomic mass is 16.3. The largest absolute Gasteiger partial charge is 0.390 e. The number of amides is 2. The number of nitrogens with zero attached hydrogens (tertiary/aromatic N) is 4. The Kier molecular flexibility index (Phi) is 7.67. The third-order valence-electron chi connectivity index (χ3n) is 6.70. The first-order chi connectivity index (χ1) is 16.0. The molecule has 8 nitrogen and oxygen atoms in total. The number of aliphatic hydroxyl groups excluding tert-OH is 1. The second-order valence-electron chi connectivity index (χ2n) is 9.18. The van der Waals surface area contributed by atoms with Gasteiger partial charge in [-0.3, -0.25) is 24.5 Å². The first-order valence-electron chi connectivity index (χ1n) is 11.8. The van der Waals surface area contributed by atoms with Crippen molar-refractivity contribution in [2.75, 3.05) is 32.7 Å². The Morgan fingerprint density at radius 2 is 2.00 bits per heavy atom. The van der Waals surface area contributed by atoms with Crippen LogP contribution in [0.15, 0.2) is 36.8 Å². The van der Waals surface area contributed by atoms with Crippen molar-refractivity contribution in [1.29, 1.82) is 0 Å². The SMILES string of the molecule is CC(=O)N1CCC(Cc2cc(C(=O)NC[C@H](O)CN3CCc4cnccc4C3)ccn2)CC1. The summed E-state index contributed by atoms with van der Waals surface area (Å²) in [6, 6.07) is 5.58. The van der Waals surface area contributed by atoms with Crippen LogP contribution in [0.4, 0.5) is 0 Å². The molecular formula is C25H33N5O3. The predicted octanol–water partition coefficient (Wildman–Crippen LogP) is 1.43. The molecule has 8 heteroatoms. The first-order valence-corrected chi connectivity index (χ1v) is 11.8. The summed E-state index contributed by atoms with van der Waals surface area (Å²) in [5.74, 6) is 0.410. The summed E-state index contributed by atoms with van der Waals surface area (Å²) in [5.41, 5.74) is 3.98. The fourth-order valence-electron chi connectivity index (χ4n) is 4.74. The van der Waals surface area contributed by atoms with Crippen LogP contribution in [0.25, 0.3) is 0 Å². The minimum absolute atomic E-state index is 0.134. The number of likely N-dealkylation sites (tertiary alicyclic amines) is 1. The van der Waals surface area contributed by atoms with Gasteiger partial charge in [-0.25, -0.2) is 0 Å². The molecule has 1 atom stereocenters. The average molecular weight is 452 g/mol. The highest BCUT2D eigenvalue weighted by molar-refractivity contribution is 5.94. The summed E-state index contributed by atoms with van der Waals surface area (Å²) in [4.78, 5) is 36.9. The zero-order valence-corrected chi connectivity index (χ0v) is 19.2. The molecule has 0 unspecified atom stereocenters. The van der Waals surface area contributed by atoms with E-state index < -0.39 is 6.10 Å². The van der Waals surface area contributed by atoms with E-state index in [4.69, 9.17) is 0 Å². The molecule has 1 fully saturated rings. The van der Waals surface area contributed by atoms with Gasteiger partial charge in [0.1, 0.15) is 0 Å². The van der Waals surface area contributed by atoms with Crippen LogP contribution >= 0.6 is 0 Å². The highest BCUT2D eigenvalue weighted by Crippen LogP contribution is 2.21. The molecule has 2 aliphatic rings.